The van der Waals surface area contributed by atoms with Gasteiger partial charge in [-0.15, -0.1) is 0 Å². The van der Waals surface area contributed by atoms with Crippen molar-refractivity contribution in [2.24, 2.45) is 4.99 Å². The molecular weight excluding hydrogens is 576 g/mol. The zero-order valence-corrected chi connectivity index (χ0v) is 24.8. The first kappa shape index (κ1) is 28.5. The molecule has 2 heterocycles. The van der Waals surface area contributed by atoms with Gasteiger partial charge in [-0.3, -0.25) is 14.6 Å². The summed E-state index contributed by atoms with van der Waals surface area (Å²) in [5.74, 6) is 0.481. The van der Waals surface area contributed by atoms with Crippen LogP contribution >= 0.6 is 15.9 Å². The molecule has 3 aromatic carbocycles. The lowest BCUT2D eigenvalue weighted by molar-refractivity contribution is -0.180. The first-order chi connectivity index (χ1) is 20.0. The number of rotatable bonds is 9. The number of fused-ring (bicyclic) bond motifs is 1. The van der Waals surface area contributed by atoms with Gasteiger partial charge in [0.15, 0.2) is 0 Å². The average molecular weight is 610 g/mol. The Hall–Kier alpha value is -4.07. The number of hydroxylamine groups is 2. The van der Waals surface area contributed by atoms with Crippen LogP contribution in [0.4, 0.5) is 5.69 Å². The first-order valence-electron chi connectivity index (χ1n) is 13.9. The van der Waals surface area contributed by atoms with E-state index in [1.165, 1.54) is 5.06 Å². The number of benzene rings is 3. The van der Waals surface area contributed by atoms with Crippen LogP contribution in [0.15, 0.2) is 118 Å². The molecule has 0 spiro atoms. The van der Waals surface area contributed by atoms with Gasteiger partial charge in [0.25, 0.3) is 5.91 Å². The standard InChI is InChI=1S/C34H33BrN4O2/c1-3-20-39(41-4-2)33(40)25-21-26-24-36-31(35)23-30(26)37-32(22-25)38-34(27-14-8-5-9-15-27,28-16-10-6-11-17-28)29-18-12-7-13-19-29/h5-19,21,23-24H,3-4,20,22H2,1-2H3,(H,37,38). The molecule has 0 saturated carbocycles. The molecule has 0 atom stereocenters. The third-order valence-corrected chi connectivity index (χ3v) is 7.39. The largest absolute Gasteiger partial charge is 0.343 e. The molecular formula is C34H33BrN4O2. The lowest BCUT2D eigenvalue weighted by Crippen LogP contribution is -2.34. The van der Waals surface area contributed by atoms with E-state index >= 15 is 0 Å². The molecule has 1 N–H and O–H groups in total. The van der Waals surface area contributed by atoms with Crippen molar-refractivity contribution in [3.05, 3.63) is 136 Å². The summed E-state index contributed by atoms with van der Waals surface area (Å²) in [6.45, 7) is 4.82. The van der Waals surface area contributed by atoms with E-state index in [0.717, 1.165) is 34.4 Å². The third-order valence-electron chi connectivity index (χ3n) is 6.96. The highest BCUT2D eigenvalue weighted by Crippen LogP contribution is 2.41. The molecule has 0 radical (unpaired) electrons. The summed E-state index contributed by atoms with van der Waals surface area (Å²) < 4.78 is 0.689. The average Bonchev–Trinajstić information content (AvgIpc) is 3.19. The number of hydrogen-bond donors (Lipinski definition) is 1. The molecule has 4 aromatic rings. The van der Waals surface area contributed by atoms with Crippen LogP contribution in [0.2, 0.25) is 0 Å². The van der Waals surface area contributed by atoms with Crippen LogP contribution in [0.1, 0.15) is 48.9 Å². The Kier molecular flexibility index (Phi) is 9.07. The predicted octanol–water partition coefficient (Wildman–Crippen LogP) is 7.62. The number of carbonyl (C=O) groups is 1. The fraction of sp³-hybridized carbons (Fsp3) is 0.206. The molecule has 0 bridgehead atoms. The topological polar surface area (TPSA) is 66.8 Å². The van der Waals surface area contributed by atoms with Crippen molar-refractivity contribution < 1.29 is 9.63 Å². The number of amides is 1. The second-order valence-electron chi connectivity index (χ2n) is 9.76. The van der Waals surface area contributed by atoms with Gasteiger partial charge < -0.3 is 5.32 Å². The van der Waals surface area contributed by atoms with Gasteiger partial charge >= 0.3 is 0 Å². The van der Waals surface area contributed by atoms with E-state index < -0.39 is 5.54 Å². The highest BCUT2D eigenvalue weighted by atomic mass is 79.9. The van der Waals surface area contributed by atoms with Crippen molar-refractivity contribution in [3.63, 3.8) is 0 Å². The van der Waals surface area contributed by atoms with E-state index in [4.69, 9.17) is 9.83 Å². The highest BCUT2D eigenvalue weighted by molar-refractivity contribution is 9.10. The van der Waals surface area contributed by atoms with Crippen LogP contribution in [-0.2, 0) is 15.2 Å². The smallest absolute Gasteiger partial charge is 0.273 e. The molecule has 0 unspecified atom stereocenters. The van der Waals surface area contributed by atoms with E-state index in [1.54, 1.807) is 6.20 Å². The fourth-order valence-electron chi connectivity index (χ4n) is 5.17. The molecule has 6 nitrogen and oxygen atoms in total. The predicted molar refractivity (Wildman–Crippen MR) is 168 cm³/mol. The number of anilines is 1. The van der Waals surface area contributed by atoms with Gasteiger partial charge in [-0.05, 0) is 58.1 Å². The number of hydrogen-bond acceptors (Lipinski definition) is 4. The second-order valence-corrected chi connectivity index (χ2v) is 10.6. The number of carbonyl (C=O) groups excluding carboxylic acids is 1. The maximum Gasteiger partial charge on any atom is 0.273 e. The SMILES string of the molecule is CCCN(OCC)C(=O)C1=Cc2cnc(Br)cc2NC(=NC(c2ccccc2)(c2ccccc2)c2ccccc2)C1. The van der Waals surface area contributed by atoms with Gasteiger partial charge in [0, 0.05) is 30.3 Å². The van der Waals surface area contributed by atoms with Gasteiger partial charge in [0.2, 0.25) is 0 Å². The Morgan fingerprint density at radius 3 is 2.02 bits per heavy atom. The zero-order chi connectivity index (χ0) is 28.7. The minimum absolute atomic E-state index is 0.177. The van der Waals surface area contributed by atoms with Gasteiger partial charge in [-0.2, -0.15) is 0 Å². The molecule has 0 saturated heterocycles. The summed E-state index contributed by atoms with van der Waals surface area (Å²) in [4.78, 5) is 29.6. The molecule has 7 heteroatoms. The van der Waals surface area contributed by atoms with Crippen LogP contribution in [0, 0.1) is 0 Å². The van der Waals surface area contributed by atoms with Crippen molar-refractivity contribution in [2.75, 3.05) is 18.5 Å². The van der Waals surface area contributed by atoms with Crippen molar-refractivity contribution in [3.8, 4) is 0 Å². The molecule has 1 aromatic heterocycles. The van der Waals surface area contributed by atoms with Crippen LogP contribution < -0.4 is 5.32 Å². The second kappa shape index (κ2) is 13.1. The van der Waals surface area contributed by atoms with Gasteiger partial charge in [-0.25, -0.2) is 10.0 Å². The van der Waals surface area contributed by atoms with Crippen molar-refractivity contribution in [1.29, 1.82) is 0 Å². The molecule has 1 aliphatic rings. The molecule has 1 amide bonds. The number of nitrogens with one attached hydrogen (secondary N) is 1. The monoisotopic (exact) mass is 608 g/mol. The molecule has 0 fully saturated rings. The number of halogens is 1. The first-order valence-corrected chi connectivity index (χ1v) is 14.7. The zero-order valence-electron chi connectivity index (χ0n) is 23.3. The molecule has 0 aliphatic carbocycles. The van der Waals surface area contributed by atoms with Gasteiger partial charge in [-0.1, -0.05) is 97.9 Å². The van der Waals surface area contributed by atoms with E-state index in [9.17, 15) is 4.79 Å². The summed E-state index contributed by atoms with van der Waals surface area (Å²) in [5, 5.41) is 5.03. The van der Waals surface area contributed by atoms with Gasteiger partial charge in [0.1, 0.15) is 16.0 Å². The van der Waals surface area contributed by atoms with E-state index in [0.29, 0.717) is 29.2 Å². The lowest BCUT2D eigenvalue weighted by Gasteiger charge is -2.33. The Bertz CT molecular complexity index is 1440. The summed E-state index contributed by atoms with van der Waals surface area (Å²) in [7, 11) is 0. The lowest BCUT2D eigenvalue weighted by atomic mass is 9.77. The summed E-state index contributed by atoms with van der Waals surface area (Å²) in [6.07, 6.45) is 4.71. The Morgan fingerprint density at radius 2 is 1.51 bits per heavy atom. The van der Waals surface area contributed by atoms with Crippen molar-refractivity contribution in [1.82, 2.24) is 10.0 Å². The number of nitrogens with zero attached hydrogens (tertiary/aromatic N) is 3. The maximum atomic E-state index is 13.8. The summed E-state index contributed by atoms with van der Waals surface area (Å²) in [5.41, 5.74) is 4.37. The maximum absolute atomic E-state index is 13.8. The van der Waals surface area contributed by atoms with E-state index in [1.807, 2.05) is 80.6 Å². The fourth-order valence-corrected chi connectivity index (χ4v) is 5.50. The summed E-state index contributed by atoms with van der Waals surface area (Å²) in [6, 6.07) is 32.8. The normalized spacial score (nSPS) is 14.0. The molecule has 208 valence electrons. The van der Waals surface area contributed by atoms with E-state index in [2.05, 4.69) is 62.6 Å². The van der Waals surface area contributed by atoms with Crippen LogP contribution in [0.3, 0.4) is 0 Å². The third kappa shape index (κ3) is 6.16. The Balaban J connectivity index is 1.74. The molecule has 5 rings (SSSR count). The summed E-state index contributed by atoms with van der Waals surface area (Å²) >= 11 is 3.51. The van der Waals surface area contributed by atoms with Crippen molar-refractivity contribution in [2.45, 2.75) is 32.2 Å². The van der Waals surface area contributed by atoms with Crippen molar-refractivity contribution >= 4 is 39.4 Å². The highest BCUT2D eigenvalue weighted by Gasteiger charge is 2.37. The van der Waals surface area contributed by atoms with Crippen LogP contribution in [0.25, 0.3) is 6.08 Å². The molecule has 1 aliphatic heterocycles. The van der Waals surface area contributed by atoms with Crippen LogP contribution in [-0.4, -0.2) is 34.9 Å². The minimum atomic E-state index is -0.877. The Morgan fingerprint density at radius 1 is 0.951 bits per heavy atom. The minimum Gasteiger partial charge on any atom is -0.343 e. The van der Waals surface area contributed by atoms with E-state index in [-0.39, 0.29) is 12.3 Å². The van der Waals surface area contributed by atoms with Gasteiger partial charge in [0.05, 0.1) is 12.3 Å². The Labute approximate surface area is 249 Å². The number of aliphatic imine (C=N–C) groups is 1. The number of amidine groups is 1. The molecule has 41 heavy (non-hydrogen) atoms. The quantitative estimate of drug-likeness (QED) is 0.120. The number of aromatic nitrogens is 1. The number of pyridine rings is 1. The van der Waals surface area contributed by atoms with Crippen LogP contribution in [0.5, 0.6) is 0 Å².